The first-order valence-electron chi connectivity index (χ1n) is 12.2. The molecule has 192 valence electrons. The maximum absolute atomic E-state index is 13.5. The summed E-state index contributed by atoms with van der Waals surface area (Å²) in [7, 11) is 0. The summed E-state index contributed by atoms with van der Waals surface area (Å²) in [6, 6.07) is 13.0. The van der Waals surface area contributed by atoms with Crippen LogP contribution in [0, 0.1) is 6.92 Å². The molecule has 4 aromatic rings. The zero-order valence-electron chi connectivity index (χ0n) is 21.6. The third-order valence-corrected chi connectivity index (χ3v) is 5.93. The molecule has 0 bridgehead atoms. The molecule has 0 atom stereocenters. The molecule has 0 aliphatic carbocycles. The van der Waals surface area contributed by atoms with E-state index in [2.05, 4.69) is 20.6 Å². The molecule has 1 aromatic carbocycles. The van der Waals surface area contributed by atoms with Crippen LogP contribution in [0.25, 0.3) is 16.6 Å². The van der Waals surface area contributed by atoms with E-state index in [0.29, 0.717) is 35.0 Å². The predicted octanol–water partition coefficient (Wildman–Crippen LogP) is 4.41. The molecular weight excluding hydrogens is 470 g/mol. The van der Waals surface area contributed by atoms with Crippen molar-refractivity contribution in [3.05, 3.63) is 81.8 Å². The van der Waals surface area contributed by atoms with Gasteiger partial charge in [-0.15, -0.1) is 0 Å². The Hall–Kier alpha value is -4.40. The number of hydrogen-bond donors (Lipinski definition) is 3. The number of carbonyl (C=O) groups is 2. The SMILES string of the molecule is CCOc1cc(C)[nH]c(=O)c1CNC(=O)c1cc(-c2cccc(NC(C)=O)c2)cc2c(C(C)C)ncn12. The van der Waals surface area contributed by atoms with Gasteiger partial charge in [-0.25, -0.2) is 4.98 Å². The molecule has 0 aliphatic heterocycles. The van der Waals surface area contributed by atoms with Crippen LogP contribution < -0.4 is 20.9 Å². The molecule has 9 nitrogen and oxygen atoms in total. The molecule has 2 amide bonds. The fourth-order valence-electron chi connectivity index (χ4n) is 4.28. The summed E-state index contributed by atoms with van der Waals surface area (Å²) < 4.78 is 7.39. The van der Waals surface area contributed by atoms with Crippen molar-refractivity contribution in [3.8, 4) is 16.9 Å². The number of ether oxygens (including phenoxy) is 1. The Morgan fingerprint density at radius 2 is 1.92 bits per heavy atom. The Balaban J connectivity index is 1.75. The molecular formula is C28H31N5O4. The molecule has 0 spiro atoms. The summed E-state index contributed by atoms with van der Waals surface area (Å²) in [5.41, 5.74) is 5.08. The van der Waals surface area contributed by atoms with Gasteiger partial charge >= 0.3 is 0 Å². The van der Waals surface area contributed by atoms with E-state index < -0.39 is 0 Å². The van der Waals surface area contributed by atoms with Gasteiger partial charge in [-0.1, -0.05) is 26.0 Å². The molecule has 9 heteroatoms. The number of aryl methyl sites for hydroxylation is 1. The highest BCUT2D eigenvalue weighted by Gasteiger charge is 2.19. The van der Waals surface area contributed by atoms with Crippen molar-refractivity contribution in [1.82, 2.24) is 19.7 Å². The molecule has 3 N–H and O–H groups in total. The van der Waals surface area contributed by atoms with Crippen LogP contribution in [0.4, 0.5) is 5.69 Å². The molecule has 0 fully saturated rings. The molecule has 3 aromatic heterocycles. The van der Waals surface area contributed by atoms with Gasteiger partial charge in [-0.3, -0.25) is 18.8 Å². The van der Waals surface area contributed by atoms with Crippen LogP contribution in [0.15, 0.2) is 53.6 Å². The minimum absolute atomic E-state index is 0.000742. The second-order valence-corrected chi connectivity index (χ2v) is 9.17. The molecule has 0 saturated carbocycles. The zero-order chi connectivity index (χ0) is 26.7. The Morgan fingerprint density at radius 3 is 2.62 bits per heavy atom. The summed E-state index contributed by atoms with van der Waals surface area (Å²) >= 11 is 0. The van der Waals surface area contributed by atoms with Crippen LogP contribution in [0.2, 0.25) is 0 Å². The monoisotopic (exact) mass is 501 g/mol. The van der Waals surface area contributed by atoms with Crippen LogP contribution in [-0.4, -0.2) is 32.8 Å². The minimum atomic E-state index is -0.361. The fraction of sp³-hybridized carbons (Fsp3) is 0.286. The summed E-state index contributed by atoms with van der Waals surface area (Å²) in [5.74, 6) is 0.0623. The van der Waals surface area contributed by atoms with Gasteiger partial charge in [0.15, 0.2) is 0 Å². The average Bonchev–Trinajstić information content (AvgIpc) is 3.27. The first-order chi connectivity index (χ1) is 17.7. The van der Waals surface area contributed by atoms with Gasteiger partial charge in [0.1, 0.15) is 17.8 Å². The lowest BCUT2D eigenvalue weighted by molar-refractivity contribution is -0.114. The second-order valence-electron chi connectivity index (χ2n) is 9.17. The van der Waals surface area contributed by atoms with Crippen molar-refractivity contribution in [2.45, 2.75) is 47.1 Å². The smallest absolute Gasteiger partial charge is 0.268 e. The highest BCUT2D eigenvalue weighted by molar-refractivity contribution is 5.96. The first-order valence-corrected chi connectivity index (χ1v) is 12.2. The van der Waals surface area contributed by atoms with Gasteiger partial charge in [0.05, 0.1) is 29.9 Å². The quantitative estimate of drug-likeness (QED) is 0.331. The molecule has 0 saturated heterocycles. The Labute approximate surface area is 214 Å². The van der Waals surface area contributed by atoms with E-state index in [-0.39, 0.29) is 29.8 Å². The highest BCUT2D eigenvalue weighted by atomic mass is 16.5. The molecule has 4 rings (SSSR count). The lowest BCUT2D eigenvalue weighted by atomic mass is 10.0. The number of fused-ring (bicyclic) bond motifs is 1. The van der Waals surface area contributed by atoms with Crippen molar-refractivity contribution in [3.63, 3.8) is 0 Å². The summed E-state index contributed by atoms with van der Waals surface area (Å²) in [6.45, 7) is 9.57. The van der Waals surface area contributed by atoms with Crippen molar-refractivity contribution in [2.75, 3.05) is 11.9 Å². The van der Waals surface area contributed by atoms with E-state index in [1.54, 1.807) is 29.8 Å². The van der Waals surface area contributed by atoms with E-state index in [9.17, 15) is 14.4 Å². The number of rotatable bonds is 8. The van der Waals surface area contributed by atoms with E-state index in [0.717, 1.165) is 22.3 Å². The predicted molar refractivity (Wildman–Crippen MR) is 143 cm³/mol. The third kappa shape index (κ3) is 5.55. The molecule has 0 unspecified atom stereocenters. The van der Waals surface area contributed by atoms with Crippen molar-refractivity contribution in [2.24, 2.45) is 0 Å². The van der Waals surface area contributed by atoms with Gasteiger partial charge in [-0.2, -0.15) is 0 Å². The first kappa shape index (κ1) is 25.7. The van der Waals surface area contributed by atoms with Gasteiger partial charge in [0.25, 0.3) is 11.5 Å². The Bertz CT molecular complexity index is 1530. The number of anilines is 1. The van der Waals surface area contributed by atoms with Gasteiger partial charge < -0.3 is 20.4 Å². The van der Waals surface area contributed by atoms with Gasteiger partial charge in [0.2, 0.25) is 5.91 Å². The number of nitrogens with one attached hydrogen (secondary N) is 3. The molecule has 37 heavy (non-hydrogen) atoms. The zero-order valence-corrected chi connectivity index (χ0v) is 21.6. The summed E-state index contributed by atoms with van der Waals surface area (Å²) in [4.78, 5) is 45.0. The number of benzene rings is 1. The molecule has 3 heterocycles. The van der Waals surface area contributed by atoms with Gasteiger partial charge in [-0.05, 0) is 61.2 Å². The number of carbonyl (C=O) groups excluding carboxylic acids is 2. The van der Waals surface area contributed by atoms with Gasteiger partial charge in [0, 0.05) is 18.3 Å². The van der Waals surface area contributed by atoms with Crippen molar-refractivity contribution >= 4 is 23.0 Å². The Kier molecular flexibility index (Phi) is 7.42. The summed E-state index contributed by atoms with van der Waals surface area (Å²) in [5, 5.41) is 5.67. The van der Waals surface area contributed by atoms with E-state index in [1.807, 2.05) is 51.1 Å². The number of pyridine rings is 2. The van der Waals surface area contributed by atoms with Crippen LogP contribution in [0.1, 0.15) is 61.1 Å². The third-order valence-electron chi connectivity index (χ3n) is 5.93. The lowest BCUT2D eigenvalue weighted by Crippen LogP contribution is -2.29. The van der Waals surface area contributed by atoms with Crippen molar-refractivity contribution < 1.29 is 14.3 Å². The largest absolute Gasteiger partial charge is 0.493 e. The van der Waals surface area contributed by atoms with Crippen LogP contribution in [-0.2, 0) is 11.3 Å². The normalized spacial score (nSPS) is 11.1. The Morgan fingerprint density at radius 1 is 1.14 bits per heavy atom. The summed E-state index contributed by atoms with van der Waals surface area (Å²) in [6.07, 6.45) is 1.64. The lowest BCUT2D eigenvalue weighted by Gasteiger charge is -2.14. The maximum atomic E-state index is 13.5. The number of amides is 2. The van der Waals surface area contributed by atoms with Crippen LogP contribution in [0.5, 0.6) is 5.75 Å². The van der Waals surface area contributed by atoms with Crippen LogP contribution >= 0.6 is 0 Å². The molecule has 0 aliphatic rings. The number of aromatic amines is 1. The number of nitrogens with zero attached hydrogens (tertiary/aromatic N) is 2. The highest BCUT2D eigenvalue weighted by Crippen LogP contribution is 2.29. The van der Waals surface area contributed by atoms with Crippen molar-refractivity contribution in [1.29, 1.82) is 0 Å². The van der Waals surface area contributed by atoms with Crippen LogP contribution in [0.3, 0.4) is 0 Å². The fourth-order valence-corrected chi connectivity index (χ4v) is 4.28. The number of aromatic nitrogens is 3. The van der Waals surface area contributed by atoms with E-state index in [1.165, 1.54) is 6.92 Å². The second kappa shape index (κ2) is 10.7. The topological polar surface area (TPSA) is 118 Å². The number of H-pyrrole nitrogens is 1. The number of imidazole rings is 1. The standard InChI is InChI=1S/C28H31N5O4/c1-6-37-25-10-17(4)31-27(35)22(25)14-29-28(36)24-13-20(12-23-26(16(2)3)30-15-33(23)24)19-8-7-9-21(11-19)32-18(5)34/h7-13,15-16H,6,14H2,1-5H3,(H,29,36)(H,31,35)(H,32,34). The minimum Gasteiger partial charge on any atom is -0.493 e. The average molecular weight is 502 g/mol. The number of hydrogen-bond acceptors (Lipinski definition) is 5. The molecule has 0 radical (unpaired) electrons. The van der Waals surface area contributed by atoms with E-state index >= 15 is 0 Å². The maximum Gasteiger partial charge on any atom is 0.268 e. The van der Waals surface area contributed by atoms with E-state index in [4.69, 9.17) is 4.74 Å².